The maximum atomic E-state index is 14.5. The normalized spacial score (nSPS) is 18.9. The van der Waals surface area contributed by atoms with Gasteiger partial charge in [-0.25, -0.2) is 8.78 Å². The van der Waals surface area contributed by atoms with Crippen LogP contribution in [-0.2, 0) is 15.3 Å². The van der Waals surface area contributed by atoms with Gasteiger partial charge in [-0.1, -0.05) is 32.9 Å². The van der Waals surface area contributed by atoms with Crippen LogP contribution in [0.3, 0.4) is 0 Å². The minimum Gasteiger partial charge on any atom is -0.443 e. The molecule has 0 bridgehead atoms. The molecule has 0 spiro atoms. The summed E-state index contributed by atoms with van der Waals surface area (Å²) in [4.78, 5) is 13.3. The van der Waals surface area contributed by atoms with Gasteiger partial charge in [0.1, 0.15) is 11.6 Å². The van der Waals surface area contributed by atoms with Crippen LogP contribution in [0, 0.1) is 17.0 Å². The van der Waals surface area contributed by atoms with E-state index in [1.165, 1.54) is 5.01 Å². The number of nitrogen functional groups attached to an aromatic ring is 1. The van der Waals surface area contributed by atoms with Crippen LogP contribution < -0.4 is 11.5 Å². The van der Waals surface area contributed by atoms with Crippen molar-refractivity contribution in [2.24, 2.45) is 16.3 Å². The van der Waals surface area contributed by atoms with Crippen molar-refractivity contribution in [3.8, 4) is 0 Å². The molecule has 4 N–H and O–H groups in total. The van der Waals surface area contributed by atoms with E-state index in [1.54, 1.807) is 45.0 Å². The second-order valence-electron chi connectivity index (χ2n) is 8.30. The SMILES string of the molecule is CC(C)(C)C(=O)N1N=C(c2cc(F)ccc2F)OC1(CCCN)c1cccc(N)c1. The van der Waals surface area contributed by atoms with Gasteiger partial charge in [0, 0.05) is 23.1 Å². The van der Waals surface area contributed by atoms with E-state index in [-0.39, 0.29) is 17.4 Å². The average Bonchev–Trinajstić information content (AvgIpc) is 3.07. The van der Waals surface area contributed by atoms with Gasteiger partial charge in [-0.3, -0.25) is 4.79 Å². The monoisotopic (exact) mass is 416 g/mol. The highest BCUT2D eigenvalue weighted by molar-refractivity contribution is 5.97. The van der Waals surface area contributed by atoms with E-state index in [0.717, 1.165) is 18.2 Å². The van der Waals surface area contributed by atoms with Crippen molar-refractivity contribution in [3.63, 3.8) is 0 Å². The summed E-state index contributed by atoms with van der Waals surface area (Å²) in [6, 6.07) is 9.87. The Morgan fingerprint density at radius 3 is 2.57 bits per heavy atom. The van der Waals surface area contributed by atoms with Crippen LogP contribution in [0.5, 0.6) is 0 Å². The lowest BCUT2D eigenvalue weighted by Crippen LogP contribution is -2.49. The Kier molecular flexibility index (Phi) is 5.81. The maximum Gasteiger partial charge on any atom is 0.251 e. The van der Waals surface area contributed by atoms with Crippen molar-refractivity contribution in [3.05, 3.63) is 65.2 Å². The number of carbonyl (C=O) groups excluding carboxylic acids is 1. The average molecular weight is 416 g/mol. The van der Waals surface area contributed by atoms with Gasteiger partial charge >= 0.3 is 0 Å². The third kappa shape index (κ3) is 4.00. The molecule has 1 atom stereocenters. The topological polar surface area (TPSA) is 93.9 Å². The summed E-state index contributed by atoms with van der Waals surface area (Å²) in [5.41, 5.74) is 10.4. The van der Waals surface area contributed by atoms with Gasteiger partial charge in [0.25, 0.3) is 5.91 Å². The molecular formula is C22H26F2N4O2. The summed E-state index contributed by atoms with van der Waals surface area (Å²) in [6.07, 6.45) is 0.788. The summed E-state index contributed by atoms with van der Waals surface area (Å²) in [5, 5.41) is 5.55. The fraction of sp³-hybridized carbons (Fsp3) is 0.364. The van der Waals surface area contributed by atoms with Crippen LogP contribution in [-0.4, -0.2) is 23.4 Å². The van der Waals surface area contributed by atoms with Crippen LogP contribution in [0.15, 0.2) is 47.6 Å². The number of benzene rings is 2. The first kappa shape index (κ1) is 21.7. The molecule has 2 aromatic rings. The minimum atomic E-state index is -1.38. The van der Waals surface area contributed by atoms with Crippen LogP contribution >= 0.6 is 0 Å². The summed E-state index contributed by atoms with van der Waals surface area (Å²) < 4.78 is 34.5. The summed E-state index contributed by atoms with van der Waals surface area (Å²) in [7, 11) is 0. The van der Waals surface area contributed by atoms with Crippen molar-refractivity contribution in [1.82, 2.24) is 5.01 Å². The molecule has 0 fully saturated rings. The van der Waals surface area contributed by atoms with E-state index in [1.807, 2.05) is 0 Å². The molecule has 0 saturated heterocycles. The number of carbonyl (C=O) groups is 1. The molecule has 30 heavy (non-hydrogen) atoms. The molecule has 1 aliphatic rings. The van der Waals surface area contributed by atoms with Crippen molar-refractivity contribution in [1.29, 1.82) is 0 Å². The lowest BCUT2D eigenvalue weighted by Gasteiger charge is -2.38. The summed E-state index contributed by atoms with van der Waals surface area (Å²) >= 11 is 0. The number of hydrogen-bond acceptors (Lipinski definition) is 5. The van der Waals surface area contributed by atoms with Crippen molar-refractivity contribution in [2.75, 3.05) is 12.3 Å². The van der Waals surface area contributed by atoms with Crippen LogP contribution in [0.4, 0.5) is 14.5 Å². The molecule has 0 aromatic heterocycles. The Bertz CT molecular complexity index is 987. The van der Waals surface area contributed by atoms with Gasteiger partial charge in [0.2, 0.25) is 11.6 Å². The standard InChI is InChI=1S/C22H26F2N4O2/c1-21(2,3)20(29)28-22(10-5-11-25,14-6-4-7-16(26)12-14)30-19(27-28)17-13-15(23)8-9-18(17)24/h4,6-9,12-13H,5,10-11,25-26H2,1-3H3. The van der Waals surface area contributed by atoms with Crippen LogP contribution in [0.2, 0.25) is 0 Å². The fourth-order valence-electron chi connectivity index (χ4n) is 3.30. The van der Waals surface area contributed by atoms with E-state index in [2.05, 4.69) is 5.10 Å². The minimum absolute atomic E-state index is 0.166. The van der Waals surface area contributed by atoms with Gasteiger partial charge in [-0.2, -0.15) is 5.01 Å². The van der Waals surface area contributed by atoms with Gasteiger partial charge < -0.3 is 16.2 Å². The molecule has 0 radical (unpaired) electrons. The number of amides is 1. The largest absolute Gasteiger partial charge is 0.443 e. The molecule has 1 heterocycles. The summed E-state index contributed by atoms with van der Waals surface area (Å²) in [6.45, 7) is 5.59. The number of nitrogens with zero attached hydrogens (tertiary/aromatic N) is 2. The zero-order valence-corrected chi connectivity index (χ0v) is 17.3. The van der Waals surface area contributed by atoms with E-state index in [9.17, 15) is 13.6 Å². The lowest BCUT2D eigenvalue weighted by atomic mass is 9.90. The zero-order chi connectivity index (χ0) is 22.1. The molecular weight excluding hydrogens is 390 g/mol. The van der Waals surface area contributed by atoms with Crippen LogP contribution in [0.1, 0.15) is 44.7 Å². The molecule has 6 nitrogen and oxygen atoms in total. The second kappa shape index (κ2) is 8.02. The fourth-order valence-corrected chi connectivity index (χ4v) is 3.30. The third-order valence-corrected chi connectivity index (χ3v) is 4.85. The van der Waals surface area contributed by atoms with Crippen molar-refractivity contribution >= 4 is 17.5 Å². The maximum absolute atomic E-state index is 14.5. The van der Waals surface area contributed by atoms with E-state index >= 15 is 0 Å². The number of halogens is 2. The molecule has 1 amide bonds. The van der Waals surface area contributed by atoms with Crippen molar-refractivity contribution < 1.29 is 18.3 Å². The Hall–Kier alpha value is -3.00. The molecule has 160 valence electrons. The number of hydrogen-bond donors (Lipinski definition) is 2. The molecule has 1 aliphatic heterocycles. The zero-order valence-electron chi connectivity index (χ0n) is 17.3. The number of rotatable bonds is 5. The second-order valence-corrected chi connectivity index (χ2v) is 8.30. The molecule has 8 heteroatoms. The summed E-state index contributed by atoms with van der Waals surface area (Å²) in [5.74, 6) is -1.87. The van der Waals surface area contributed by atoms with Gasteiger partial charge in [0.05, 0.1) is 5.56 Å². The van der Waals surface area contributed by atoms with Crippen molar-refractivity contribution in [2.45, 2.75) is 39.3 Å². The number of nitrogens with two attached hydrogens (primary N) is 2. The Labute approximate surface area is 174 Å². The number of ether oxygens (including phenoxy) is 1. The molecule has 0 aliphatic carbocycles. The Balaban J connectivity index is 2.21. The highest BCUT2D eigenvalue weighted by atomic mass is 19.1. The molecule has 3 rings (SSSR count). The predicted octanol–water partition coefficient (Wildman–Crippen LogP) is 3.71. The predicted molar refractivity (Wildman–Crippen MR) is 111 cm³/mol. The number of anilines is 1. The smallest absolute Gasteiger partial charge is 0.251 e. The first-order chi connectivity index (χ1) is 14.1. The van der Waals surface area contributed by atoms with Crippen LogP contribution in [0.25, 0.3) is 0 Å². The van der Waals surface area contributed by atoms with Gasteiger partial charge in [-0.15, -0.1) is 5.10 Å². The third-order valence-electron chi connectivity index (χ3n) is 4.85. The Morgan fingerprint density at radius 2 is 1.93 bits per heavy atom. The first-order valence-electron chi connectivity index (χ1n) is 9.72. The van der Waals surface area contributed by atoms with Gasteiger partial charge in [0.15, 0.2) is 0 Å². The highest BCUT2D eigenvalue weighted by Crippen LogP contribution is 2.43. The first-order valence-corrected chi connectivity index (χ1v) is 9.72. The molecule has 1 unspecified atom stereocenters. The van der Waals surface area contributed by atoms with Gasteiger partial charge in [-0.05, 0) is 43.3 Å². The lowest BCUT2D eigenvalue weighted by molar-refractivity contribution is -0.161. The quantitative estimate of drug-likeness (QED) is 0.727. The Morgan fingerprint density at radius 1 is 1.20 bits per heavy atom. The molecule has 0 saturated carbocycles. The highest BCUT2D eigenvalue weighted by Gasteiger charge is 2.52. The van der Waals surface area contributed by atoms with E-state index in [4.69, 9.17) is 16.2 Å². The van der Waals surface area contributed by atoms with E-state index < -0.39 is 22.8 Å². The van der Waals surface area contributed by atoms with E-state index in [0.29, 0.717) is 30.6 Å². The molecule has 2 aromatic carbocycles. The number of hydrazone groups is 1.